The number of rotatable bonds is 7. The maximum absolute atomic E-state index is 12.7. The van der Waals surface area contributed by atoms with Crippen LogP contribution >= 0.6 is 11.6 Å². The number of halogens is 3. The summed E-state index contributed by atoms with van der Waals surface area (Å²) in [5.41, 5.74) is 1.43. The van der Waals surface area contributed by atoms with Gasteiger partial charge in [0.1, 0.15) is 10.9 Å². The van der Waals surface area contributed by atoms with E-state index in [1.807, 2.05) is 30.3 Å². The normalized spacial score (nSPS) is 11.6. The Morgan fingerprint density at radius 2 is 1.93 bits per heavy atom. The number of imidazole rings is 1. The van der Waals surface area contributed by atoms with Crippen molar-refractivity contribution in [1.29, 1.82) is 0 Å². The zero-order valence-electron chi connectivity index (χ0n) is 14.6. The molecule has 0 saturated heterocycles. The number of benzene rings is 2. The van der Waals surface area contributed by atoms with Crippen molar-refractivity contribution in [2.75, 3.05) is 4.72 Å². The quantitative estimate of drug-likeness (QED) is 0.617. The Kier molecular flexibility index (Phi) is 5.85. The van der Waals surface area contributed by atoms with Crippen LogP contribution in [0.5, 0.6) is 5.75 Å². The van der Waals surface area contributed by atoms with Crippen LogP contribution in [0.15, 0.2) is 59.9 Å². The molecule has 28 heavy (non-hydrogen) atoms. The summed E-state index contributed by atoms with van der Waals surface area (Å²) < 4.78 is 58.8. The minimum absolute atomic E-state index is 0.0299. The van der Waals surface area contributed by atoms with Crippen molar-refractivity contribution in [1.82, 2.24) is 9.55 Å². The van der Waals surface area contributed by atoms with E-state index in [0.717, 1.165) is 5.56 Å². The molecule has 0 aliphatic heterocycles. The number of hydrogen-bond donors (Lipinski definition) is 1. The minimum Gasteiger partial charge on any atom is -0.435 e. The van der Waals surface area contributed by atoms with Crippen molar-refractivity contribution < 1.29 is 21.9 Å². The number of aromatic nitrogens is 2. The van der Waals surface area contributed by atoms with E-state index >= 15 is 0 Å². The summed E-state index contributed by atoms with van der Waals surface area (Å²) >= 11 is 5.96. The molecule has 0 atom stereocenters. The maximum Gasteiger partial charge on any atom is 0.387 e. The molecule has 0 saturated carbocycles. The van der Waals surface area contributed by atoms with Gasteiger partial charge in [-0.2, -0.15) is 17.2 Å². The Labute approximate surface area is 165 Å². The lowest BCUT2D eigenvalue weighted by molar-refractivity contribution is -0.0503. The van der Waals surface area contributed by atoms with Gasteiger partial charge in [-0.05, 0) is 23.8 Å². The molecule has 0 aliphatic rings. The Morgan fingerprint density at radius 3 is 2.54 bits per heavy atom. The first-order chi connectivity index (χ1) is 13.3. The molecule has 1 N–H and O–H groups in total. The van der Waals surface area contributed by atoms with Gasteiger partial charge in [0.15, 0.2) is 0 Å². The molecular weight excluding hydrogens is 412 g/mol. The van der Waals surface area contributed by atoms with E-state index in [9.17, 15) is 17.2 Å². The lowest BCUT2D eigenvalue weighted by atomic mass is 10.0. The SMILES string of the molecule is Cn1cnc(S(=O)(=O)Nc2ccc(OC(F)F)c(Cc3ccccc3)c2)c1Cl. The van der Waals surface area contributed by atoms with Crippen molar-refractivity contribution >= 4 is 27.3 Å². The van der Waals surface area contributed by atoms with Crippen molar-refractivity contribution in [3.05, 3.63) is 71.1 Å². The number of nitrogens with one attached hydrogen (secondary N) is 1. The first-order valence-electron chi connectivity index (χ1n) is 8.07. The van der Waals surface area contributed by atoms with E-state index in [4.69, 9.17) is 11.6 Å². The summed E-state index contributed by atoms with van der Waals surface area (Å²) in [7, 11) is -2.49. The predicted octanol–water partition coefficient (Wildman–Crippen LogP) is 4.07. The largest absolute Gasteiger partial charge is 0.435 e. The van der Waals surface area contributed by atoms with Crippen LogP contribution in [0.25, 0.3) is 0 Å². The minimum atomic E-state index is -4.05. The molecule has 3 rings (SSSR count). The monoisotopic (exact) mass is 427 g/mol. The molecule has 3 aromatic rings. The molecule has 0 aliphatic carbocycles. The van der Waals surface area contributed by atoms with Gasteiger partial charge in [0.05, 0.1) is 6.33 Å². The molecule has 10 heteroatoms. The van der Waals surface area contributed by atoms with Crippen LogP contribution in [0.1, 0.15) is 11.1 Å². The van der Waals surface area contributed by atoms with Crippen molar-refractivity contribution in [3.8, 4) is 5.75 Å². The third-order valence-electron chi connectivity index (χ3n) is 3.86. The second-order valence-electron chi connectivity index (χ2n) is 5.92. The first kappa shape index (κ1) is 20.1. The van der Waals surface area contributed by atoms with Gasteiger partial charge in [-0.3, -0.25) is 4.72 Å². The number of nitrogens with zero attached hydrogens (tertiary/aromatic N) is 2. The van der Waals surface area contributed by atoms with E-state index in [1.165, 1.54) is 29.1 Å². The van der Waals surface area contributed by atoms with Crippen LogP contribution in [-0.2, 0) is 23.5 Å². The summed E-state index contributed by atoms with van der Waals surface area (Å²) in [6.07, 6.45) is 1.56. The Bertz CT molecular complexity index is 1070. The highest BCUT2D eigenvalue weighted by Crippen LogP contribution is 2.29. The fourth-order valence-electron chi connectivity index (χ4n) is 2.59. The van der Waals surface area contributed by atoms with Gasteiger partial charge >= 0.3 is 6.61 Å². The van der Waals surface area contributed by atoms with E-state index in [2.05, 4.69) is 14.4 Å². The molecule has 1 aromatic heterocycles. The number of anilines is 1. The molecule has 0 fully saturated rings. The number of sulfonamides is 1. The number of aryl methyl sites for hydroxylation is 1. The molecule has 6 nitrogen and oxygen atoms in total. The summed E-state index contributed by atoms with van der Waals surface area (Å²) in [6, 6.07) is 13.2. The Morgan fingerprint density at radius 1 is 1.21 bits per heavy atom. The van der Waals surface area contributed by atoms with Gasteiger partial charge in [-0.25, -0.2) is 4.98 Å². The van der Waals surface area contributed by atoms with Crippen LogP contribution in [0.2, 0.25) is 5.15 Å². The highest BCUT2D eigenvalue weighted by Gasteiger charge is 2.23. The van der Waals surface area contributed by atoms with E-state index < -0.39 is 16.6 Å². The van der Waals surface area contributed by atoms with E-state index in [-0.39, 0.29) is 28.0 Å². The zero-order chi connectivity index (χ0) is 20.3. The van der Waals surface area contributed by atoms with Gasteiger partial charge < -0.3 is 9.30 Å². The van der Waals surface area contributed by atoms with Crippen molar-refractivity contribution in [2.45, 2.75) is 18.1 Å². The Balaban J connectivity index is 1.93. The third-order valence-corrected chi connectivity index (χ3v) is 5.72. The fourth-order valence-corrected chi connectivity index (χ4v) is 4.07. The van der Waals surface area contributed by atoms with E-state index in [1.54, 1.807) is 7.05 Å². The molecule has 148 valence electrons. The van der Waals surface area contributed by atoms with Crippen LogP contribution in [0.4, 0.5) is 14.5 Å². The van der Waals surface area contributed by atoms with Gasteiger partial charge in [-0.1, -0.05) is 41.9 Å². The molecule has 0 radical (unpaired) electrons. The lowest BCUT2D eigenvalue weighted by Crippen LogP contribution is -2.14. The maximum atomic E-state index is 12.7. The van der Waals surface area contributed by atoms with Crippen LogP contribution < -0.4 is 9.46 Å². The predicted molar refractivity (Wildman–Crippen MR) is 101 cm³/mol. The number of hydrogen-bond acceptors (Lipinski definition) is 4. The smallest absolute Gasteiger partial charge is 0.387 e. The molecular formula is C18H16ClF2N3O3S. The van der Waals surface area contributed by atoms with Gasteiger partial charge in [0.25, 0.3) is 10.0 Å². The summed E-state index contributed by atoms with van der Waals surface area (Å²) in [6.45, 7) is -3.00. The standard InChI is InChI=1S/C18H16ClF2N3O3S/c1-24-11-22-17(16(24)19)28(25,26)23-14-7-8-15(27-18(20)21)13(10-14)9-12-5-3-2-4-6-12/h2-8,10-11,18,23H,9H2,1H3. The third kappa shape index (κ3) is 4.60. The van der Waals surface area contributed by atoms with Gasteiger partial charge in [0, 0.05) is 24.7 Å². The highest BCUT2D eigenvalue weighted by molar-refractivity contribution is 7.92. The second-order valence-corrected chi connectivity index (χ2v) is 7.88. The number of alkyl halides is 2. The molecule has 0 spiro atoms. The molecule has 1 heterocycles. The fraction of sp³-hybridized carbons (Fsp3) is 0.167. The lowest BCUT2D eigenvalue weighted by Gasteiger charge is -2.14. The van der Waals surface area contributed by atoms with Crippen LogP contribution in [0.3, 0.4) is 0 Å². The molecule has 2 aromatic carbocycles. The Hall–Kier alpha value is -2.65. The molecule has 0 bridgehead atoms. The summed E-state index contributed by atoms with van der Waals surface area (Å²) in [5, 5.41) is -0.371. The van der Waals surface area contributed by atoms with Crippen molar-refractivity contribution in [3.63, 3.8) is 0 Å². The average molecular weight is 428 g/mol. The molecule has 0 amide bonds. The van der Waals surface area contributed by atoms with Gasteiger partial charge in [0.2, 0.25) is 5.03 Å². The average Bonchev–Trinajstić information content (AvgIpc) is 2.97. The van der Waals surface area contributed by atoms with Crippen LogP contribution in [-0.4, -0.2) is 24.6 Å². The second kappa shape index (κ2) is 8.15. The van der Waals surface area contributed by atoms with E-state index in [0.29, 0.717) is 5.56 Å². The summed E-state index contributed by atoms with van der Waals surface area (Å²) in [4.78, 5) is 3.79. The van der Waals surface area contributed by atoms with Gasteiger partial charge in [-0.15, -0.1) is 0 Å². The van der Waals surface area contributed by atoms with Crippen molar-refractivity contribution in [2.24, 2.45) is 7.05 Å². The van der Waals surface area contributed by atoms with Crippen LogP contribution in [0, 0.1) is 0 Å². The number of ether oxygens (including phenoxy) is 1. The topological polar surface area (TPSA) is 73.2 Å². The highest BCUT2D eigenvalue weighted by atomic mass is 35.5. The first-order valence-corrected chi connectivity index (χ1v) is 9.93. The summed E-state index contributed by atoms with van der Waals surface area (Å²) in [5.74, 6) is -0.0299. The molecule has 0 unspecified atom stereocenters. The zero-order valence-corrected chi connectivity index (χ0v) is 16.2.